The van der Waals surface area contributed by atoms with Crippen LogP contribution >= 0.6 is 0 Å². The minimum atomic E-state index is -2.75. The zero-order chi connectivity index (χ0) is 26.9. The first-order valence-corrected chi connectivity index (χ1v) is 13.0. The molecule has 0 radical (unpaired) electrons. The number of rotatable bonds is 16. The van der Waals surface area contributed by atoms with E-state index in [1.165, 1.54) is 19.3 Å². The van der Waals surface area contributed by atoms with Crippen LogP contribution in [-0.2, 0) is 19.0 Å². The molecule has 0 aliphatic carbocycles. The SMILES string of the molecule is CCCCCCCCCCCC(=O)[C@@]1(OC2(CO)O[C@H](CO)[C@@H](O)[C@@H]2O)O[C@H](CO)[C@@H](O)[C@H](O)[C@H]1O. The van der Waals surface area contributed by atoms with Crippen molar-refractivity contribution in [1.29, 1.82) is 0 Å². The predicted octanol–water partition coefficient (Wildman–Crippen LogP) is -1.54. The summed E-state index contributed by atoms with van der Waals surface area (Å²) in [5.41, 5.74) is 0. The van der Waals surface area contributed by atoms with Crippen molar-refractivity contribution in [3.63, 3.8) is 0 Å². The molecule has 2 heterocycles. The molecule has 0 aromatic carbocycles. The van der Waals surface area contributed by atoms with Crippen LogP contribution in [-0.4, -0.2) is 121 Å². The van der Waals surface area contributed by atoms with Crippen molar-refractivity contribution in [1.82, 2.24) is 0 Å². The Labute approximate surface area is 211 Å². The zero-order valence-corrected chi connectivity index (χ0v) is 20.9. The van der Waals surface area contributed by atoms with Gasteiger partial charge in [0.1, 0.15) is 49.3 Å². The molecule has 36 heavy (non-hydrogen) atoms. The molecule has 8 N–H and O–H groups in total. The molecule has 0 aromatic heterocycles. The van der Waals surface area contributed by atoms with Gasteiger partial charge >= 0.3 is 0 Å². The molecule has 9 atom stereocenters. The lowest BCUT2D eigenvalue weighted by molar-refractivity contribution is -0.416. The number of unbranched alkanes of at least 4 members (excludes halogenated alkanes) is 8. The molecular weight excluding hydrogens is 480 g/mol. The number of hydrogen-bond acceptors (Lipinski definition) is 12. The molecular formula is C24H44O12. The number of Topliss-reactive ketones (excluding diaryl/α,β-unsaturated/α-hetero) is 1. The number of ketones is 1. The maximum atomic E-state index is 13.4. The van der Waals surface area contributed by atoms with Crippen molar-refractivity contribution in [2.45, 2.75) is 125 Å². The Hall–Kier alpha value is -0.770. The minimum absolute atomic E-state index is 0.183. The molecule has 2 fully saturated rings. The normalized spacial score (nSPS) is 39.0. The molecule has 12 nitrogen and oxygen atoms in total. The molecule has 1 unspecified atom stereocenters. The first kappa shape index (κ1) is 31.4. The quantitative estimate of drug-likeness (QED) is 0.108. The monoisotopic (exact) mass is 524 g/mol. The van der Waals surface area contributed by atoms with Crippen molar-refractivity contribution >= 4 is 5.78 Å². The van der Waals surface area contributed by atoms with Gasteiger partial charge in [0.25, 0.3) is 5.79 Å². The van der Waals surface area contributed by atoms with Crippen LogP contribution < -0.4 is 0 Å². The Bertz CT molecular complexity index is 663. The number of hydrogen-bond donors (Lipinski definition) is 8. The number of aliphatic hydroxyl groups excluding tert-OH is 8. The van der Waals surface area contributed by atoms with Crippen LogP contribution in [0.2, 0.25) is 0 Å². The molecule has 12 heteroatoms. The van der Waals surface area contributed by atoms with Crippen LogP contribution in [0.1, 0.15) is 71.1 Å². The van der Waals surface area contributed by atoms with Crippen molar-refractivity contribution in [2.24, 2.45) is 0 Å². The molecule has 2 aliphatic rings. The molecule has 2 rings (SSSR count). The Balaban J connectivity index is 2.18. The topological polar surface area (TPSA) is 207 Å². The van der Waals surface area contributed by atoms with Crippen molar-refractivity contribution in [3.8, 4) is 0 Å². The van der Waals surface area contributed by atoms with E-state index in [9.17, 15) is 45.6 Å². The zero-order valence-electron chi connectivity index (χ0n) is 20.9. The van der Waals surface area contributed by atoms with E-state index in [0.29, 0.717) is 12.8 Å². The average Bonchev–Trinajstić information content (AvgIpc) is 3.12. The Morgan fingerprint density at radius 3 is 1.75 bits per heavy atom. The van der Waals surface area contributed by atoms with Gasteiger partial charge in [0.2, 0.25) is 5.79 Å². The second-order valence-electron chi connectivity index (χ2n) is 9.78. The van der Waals surface area contributed by atoms with Gasteiger partial charge in [0.05, 0.1) is 13.2 Å². The fourth-order valence-corrected chi connectivity index (χ4v) is 4.79. The largest absolute Gasteiger partial charge is 0.394 e. The van der Waals surface area contributed by atoms with E-state index in [-0.39, 0.29) is 6.42 Å². The fraction of sp³-hybridized carbons (Fsp3) is 0.958. The molecule has 0 amide bonds. The van der Waals surface area contributed by atoms with Crippen molar-refractivity contribution in [2.75, 3.05) is 19.8 Å². The maximum absolute atomic E-state index is 13.4. The molecule has 0 spiro atoms. The Kier molecular flexibility index (Phi) is 12.6. The van der Waals surface area contributed by atoms with E-state index in [2.05, 4.69) is 6.92 Å². The number of ether oxygens (including phenoxy) is 3. The smallest absolute Gasteiger partial charge is 0.261 e. The minimum Gasteiger partial charge on any atom is -0.394 e. The summed E-state index contributed by atoms with van der Waals surface area (Å²) in [5, 5.41) is 81.2. The standard InChI is InChI=1S/C24H44O12/c1-2-3-4-5-6-7-8-9-10-11-17(28)24(22(33)20(31)18(29)15(12-25)35-24)36-23(14-27)21(32)19(30)16(13-26)34-23/h15-16,18-22,25-27,29-33H,2-14H2,1H3/t15-,16-,18-,19-,20+,21+,22-,23?,24+/m1/s1. The van der Waals surface area contributed by atoms with Crippen molar-refractivity contribution < 1.29 is 59.9 Å². The molecule has 0 bridgehead atoms. The highest BCUT2D eigenvalue weighted by molar-refractivity contribution is 5.87. The highest BCUT2D eigenvalue weighted by Gasteiger charge is 2.65. The highest BCUT2D eigenvalue weighted by atomic mass is 16.8. The molecule has 2 aliphatic heterocycles. The van der Waals surface area contributed by atoms with Crippen LogP contribution in [0.15, 0.2) is 0 Å². The van der Waals surface area contributed by atoms with Gasteiger partial charge in [-0.1, -0.05) is 58.3 Å². The average molecular weight is 525 g/mol. The predicted molar refractivity (Wildman–Crippen MR) is 124 cm³/mol. The van der Waals surface area contributed by atoms with E-state index in [4.69, 9.17) is 14.2 Å². The molecule has 0 aromatic rings. The van der Waals surface area contributed by atoms with Crippen LogP contribution in [0.5, 0.6) is 0 Å². The van der Waals surface area contributed by atoms with Gasteiger partial charge < -0.3 is 55.1 Å². The summed E-state index contributed by atoms with van der Waals surface area (Å²) in [5.74, 6) is -6.13. The summed E-state index contributed by atoms with van der Waals surface area (Å²) in [4.78, 5) is 13.4. The number of carbonyl (C=O) groups excluding carboxylic acids is 1. The Morgan fingerprint density at radius 2 is 1.25 bits per heavy atom. The second kappa shape index (κ2) is 14.4. The lowest BCUT2D eigenvalue weighted by Crippen LogP contribution is -2.72. The van der Waals surface area contributed by atoms with Gasteiger partial charge in [-0.15, -0.1) is 0 Å². The van der Waals surface area contributed by atoms with Gasteiger partial charge in [-0.3, -0.25) is 4.79 Å². The van der Waals surface area contributed by atoms with Gasteiger partial charge in [-0.25, -0.2) is 0 Å². The van der Waals surface area contributed by atoms with Crippen LogP contribution in [0.4, 0.5) is 0 Å². The van der Waals surface area contributed by atoms with E-state index < -0.39 is 79.9 Å². The van der Waals surface area contributed by atoms with Crippen LogP contribution in [0.25, 0.3) is 0 Å². The fourth-order valence-electron chi connectivity index (χ4n) is 4.79. The van der Waals surface area contributed by atoms with Crippen LogP contribution in [0.3, 0.4) is 0 Å². The van der Waals surface area contributed by atoms with Gasteiger partial charge in [0, 0.05) is 6.42 Å². The summed E-state index contributed by atoms with van der Waals surface area (Å²) in [6.07, 6.45) is -3.98. The van der Waals surface area contributed by atoms with E-state index in [0.717, 1.165) is 25.7 Å². The lowest BCUT2D eigenvalue weighted by atomic mass is 9.87. The third-order valence-electron chi connectivity index (χ3n) is 7.08. The van der Waals surface area contributed by atoms with Crippen molar-refractivity contribution in [3.05, 3.63) is 0 Å². The van der Waals surface area contributed by atoms with E-state index in [1.54, 1.807) is 0 Å². The lowest BCUT2D eigenvalue weighted by Gasteiger charge is -2.50. The molecule has 2 saturated heterocycles. The Morgan fingerprint density at radius 1 is 0.722 bits per heavy atom. The summed E-state index contributed by atoms with van der Waals surface area (Å²) in [6.45, 7) is -0.573. The number of aliphatic hydroxyl groups is 8. The molecule has 212 valence electrons. The third kappa shape index (κ3) is 6.80. The number of carbonyl (C=O) groups is 1. The maximum Gasteiger partial charge on any atom is 0.261 e. The molecule has 0 saturated carbocycles. The van der Waals surface area contributed by atoms with Gasteiger partial charge in [-0.2, -0.15) is 0 Å². The third-order valence-corrected chi connectivity index (χ3v) is 7.08. The van der Waals surface area contributed by atoms with E-state index >= 15 is 0 Å². The summed E-state index contributed by atoms with van der Waals surface area (Å²) >= 11 is 0. The van der Waals surface area contributed by atoms with Gasteiger partial charge in [0.15, 0.2) is 5.78 Å². The first-order valence-electron chi connectivity index (χ1n) is 13.0. The first-order chi connectivity index (χ1) is 17.1. The van der Waals surface area contributed by atoms with E-state index in [1.807, 2.05) is 0 Å². The summed E-state index contributed by atoms with van der Waals surface area (Å²) in [7, 11) is 0. The summed E-state index contributed by atoms with van der Waals surface area (Å²) in [6, 6.07) is 0. The van der Waals surface area contributed by atoms with Gasteiger partial charge in [-0.05, 0) is 6.42 Å². The summed E-state index contributed by atoms with van der Waals surface area (Å²) < 4.78 is 16.5. The second-order valence-corrected chi connectivity index (χ2v) is 9.78. The van der Waals surface area contributed by atoms with Crippen LogP contribution in [0, 0.1) is 0 Å². The highest BCUT2D eigenvalue weighted by Crippen LogP contribution is 2.42.